The van der Waals surface area contributed by atoms with E-state index in [0.29, 0.717) is 6.42 Å². The van der Waals surface area contributed by atoms with E-state index in [1.165, 1.54) is 25.2 Å². The molecular weight excluding hydrogens is 383 g/mol. The minimum Gasteiger partial charge on any atom is -0.303 e. The molecule has 0 aliphatic carbocycles. The molecule has 29 heavy (non-hydrogen) atoms. The van der Waals surface area contributed by atoms with Gasteiger partial charge in [-0.25, -0.2) is 5.48 Å². The number of halogens is 3. The topological polar surface area (TPSA) is 64.9 Å². The van der Waals surface area contributed by atoms with Gasteiger partial charge >= 0.3 is 6.18 Å². The zero-order valence-corrected chi connectivity index (χ0v) is 17.4. The van der Waals surface area contributed by atoms with E-state index in [-0.39, 0.29) is 6.54 Å². The van der Waals surface area contributed by atoms with Gasteiger partial charge < -0.3 is 4.90 Å². The maximum atomic E-state index is 13.6. The van der Waals surface area contributed by atoms with E-state index in [4.69, 9.17) is 5.21 Å². The number of aliphatic imine (C=N–C) groups is 1. The third kappa shape index (κ3) is 8.14. The Balaban J connectivity index is 0.00000204. The number of nitrogens with zero attached hydrogens (tertiary/aromatic N) is 2. The Morgan fingerprint density at radius 1 is 1.31 bits per heavy atom. The third-order valence-corrected chi connectivity index (χ3v) is 4.76. The number of alkyl halides is 3. The Labute approximate surface area is 171 Å². The minimum absolute atomic E-state index is 0.158. The Bertz CT molecular complexity index is 646. The van der Waals surface area contributed by atoms with E-state index in [1.54, 1.807) is 12.2 Å². The monoisotopic (exact) mass is 415 g/mol. The lowest BCUT2D eigenvalue weighted by molar-refractivity contribution is -0.126. The number of hydroxylamine groups is 1. The van der Waals surface area contributed by atoms with Gasteiger partial charge in [0.05, 0.1) is 17.7 Å². The maximum absolute atomic E-state index is 13.6. The van der Waals surface area contributed by atoms with Crippen LogP contribution in [0.2, 0.25) is 0 Å². The van der Waals surface area contributed by atoms with Gasteiger partial charge in [0.15, 0.2) is 0 Å². The highest BCUT2D eigenvalue weighted by Gasteiger charge is 2.40. The van der Waals surface area contributed by atoms with Crippen LogP contribution in [0, 0.1) is 5.92 Å². The van der Waals surface area contributed by atoms with Crippen LogP contribution >= 0.6 is 0 Å². The van der Waals surface area contributed by atoms with Crippen LogP contribution in [0.15, 0.2) is 39.9 Å². The number of rotatable bonds is 5. The lowest BCUT2D eigenvalue weighted by Gasteiger charge is -2.20. The van der Waals surface area contributed by atoms with Crippen LogP contribution in [0.25, 0.3) is 0 Å². The van der Waals surface area contributed by atoms with Crippen molar-refractivity contribution in [2.75, 3.05) is 26.2 Å². The molecule has 1 unspecified atom stereocenters. The average Bonchev–Trinajstić information content (AvgIpc) is 3.19. The molecule has 0 radical (unpaired) electrons. The van der Waals surface area contributed by atoms with Gasteiger partial charge in [-0.15, -0.1) is 0 Å². The predicted octanol–water partition coefficient (Wildman–Crippen LogP) is 4.46. The van der Waals surface area contributed by atoms with Crippen molar-refractivity contribution in [1.29, 1.82) is 0 Å². The summed E-state index contributed by atoms with van der Waals surface area (Å²) in [5.74, 6) is -2.26. The fourth-order valence-corrected chi connectivity index (χ4v) is 3.52. The number of hydrogen-bond donors (Lipinski definition) is 2. The highest BCUT2D eigenvalue weighted by Crippen LogP contribution is 2.35. The normalized spacial score (nSPS) is 26.2. The molecule has 164 valence electrons. The molecule has 1 amide bonds. The van der Waals surface area contributed by atoms with E-state index < -0.39 is 29.1 Å². The van der Waals surface area contributed by atoms with Crippen molar-refractivity contribution in [2.45, 2.75) is 52.6 Å². The van der Waals surface area contributed by atoms with Crippen molar-refractivity contribution in [3.8, 4) is 0 Å². The Kier molecular flexibility index (Phi) is 10.9. The van der Waals surface area contributed by atoms with E-state index in [2.05, 4.69) is 9.89 Å². The molecule has 0 spiro atoms. The van der Waals surface area contributed by atoms with Crippen molar-refractivity contribution in [1.82, 2.24) is 10.4 Å². The molecule has 8 heteroatoms. The SMILES string of the molecule is CC.CC1/C=C(CCCN2CCCC2)\C=C/CN=C/C(C(=O)NO)=C\1C(F)(F)F. The quantitative estimate of drug-likeness (QED) is 0.515. The van der Waals surface area contributed by atoms with Crippen LogP contribution in [-0.2, 0) is 4.79 Å². The largest absolute Gasteiger partial charge is 0.414 e. The maximum Gasteiger partial charge on any atom is 0.414 e. The summed E-state index contributed by atoms with van der Waals surface area (Å²) in [4.78, 5) is 18.0. The molecule has 0 bridgehead atoms. The van der Waals surface area contributed by atoms with Gasteiger partial charge in [0.1, 0.15) is 0 Å². The zero-order chi connectivity index (χ0) is 21.9. The molecule has 2 heterocycles. The van der Waals surface area contributed by atoms with Gasteiger partial charge in [-0.1, -0.05) is 44.6 Å². The number of amides is 1. The fourth-order valence-electron chi connectivity index (χ4n) is 3.52. The number of likely N-dealkylation sites (tertiary alicyclic amines) is 1. The van der Waals surface area contributed by atoms with Gasteiger partial charge in [0.25, 0.3) is 5.91 Å². The Hall–Kier alpha value is -1.93. The van der Waals surface area contributed by atoms with Crippen molar-refractivity contribution in [3.05, 3.63) is 34.9 Å². The number of hydrogen-bond acceptors (Lipinski definition) is 4. The second kappa shape index (κ2) is 12.6. The standard InChI is InChI=1S/C19H26F3N3O2.C2H6/c1-14-12-15(7-5-11-25-9-2-3-10-25)6-4-8-23-13-16(18(26)24-27)17(14)19(20,21)22;1-2/h4,6,12-14,27H,2-3,5,7-11H2,1H3,(H,24,26);1-2H3/b6-4-,15-12+,17-16-,23-13?;. The lowest BCUT2D eigenvalue weighted by atomic mass is 9.91. The van der Waals surface area contributed by atoms with E-state index in [1.807, 2.05) is 19.9 Å². The molecule has 0 saturated carbocycles. The summed E-state index contributed by atoms with van der Waals surface area (Å²) in [5.41, 5.74) is 0.406. The lowest BCUT2D eigenvalue weighted by Crippen LogP contribution is -2.29. The highest BCUT2D eigenvalue weighted by atomic mass is 19.4. The Morgan fingerprint density at radius 2 is 1.97 bits per heavy atom. The van der Waals surface area contributed by atoms with Gasteiger partial charge in [0.2, 0.25) is 0 Å². The van der Waals surface area contributed by atoms with Crippen molar-refractivity contribution >= 4 is 12.1 Å². The highest BCUT2D eigenvalue weighted by molar-refractivity contribution is 6.12. The second-order valence-electron chi connectivity index (χ2n) is 6.85. The predicted molar refractivity (Wildman–Crippen MR) is 109 cm³/mol. The molecule has 1 atom stereocenters. The molecular formula is C21H32F3N3O2. The van der Waals surface area contributed by atoms with Crippen LogP contribution < -0.4 is 5.48 Å². The molecule has 1 fully saturated rings. The summed E-state index contributed by atoms with van der Waals surface area (Å²) in [6.45, 7) is 8.65. The summed E-state index contributed by atoms with van der Waals surface area (Å²) in [7, 11) is 0. The van der Waals surface area contributed by atoms with Gasteiger partial charge in [-0.2, -0.15) is 13.2 Å². The third-order valence-electron chi connectivity index (χ3n) is 4.76. The molecule has 1 saturated heterocycles. The van der Waals surface area contributed by atoms with E-state index >= 15 is 0 Å². The van der Waals surface area contributed by atoms with Crippen LogP contribution in [0.1, 0.15) is 46.5 Å². The van der Waals surface area contributed by atoms with Gasteiger partial charge in [-0.05, 0) is 45.3 Å². The zero-order valence-electron chi connectivity index (χ0n) is 17.4. The van der Waals surface area contributed by atoms with Gasteiger partial charge in [0, 0.05) is 12.1 Å². The first-order valence-electron chi connectivity index (χ1n) is 10.2. The van der Waals surface area contributed by atoms with E-state index in [0.717, 1.165) is 37.8 Å². The minimum atomic E-state index is -4.71. The number of nitrogens with one attached hydrogen (secondary N) is 1. The van der Waals surface area contributed by atoms with Crippen LogP contribution in [0.3, 0.4) is 0 Å². The Morgan fingerprint density at radius 3 is 2.55 bits per heavy atom. The molecule has 5 nitrogen and oxygen atoms in total. The van der Waals surface area contributed by atoms with Crippen molar-refractivity contribution in [3.63, 3.8) is 0 Å². The van der Waals surface area contributed by atoms with Gasteiger partial charge in [-0.3, -0.25) is 15.0 Å². The van der Waals surface area contributed by atoms with Crippen LogP contribution in [0.5, 0.6) is 0 Å². The summed E-state index contributed by atoms with van der Waals surface area (Å²) in [5, 5.41) is 8.82. The van der Waals surface area contributed by atoms with Crippen molar-refractivity contribution in [2.24, 2.45) is 10.9 Å². The number of carbonyl (C=O) groups excluding carboxylic acids is 1. The van der Waals surface area contributed by atoms with Crippen LogP contribution in [0.4, 0.5) is 13.2 Å². The summed E-state index contributed by atoms with van der Waals surface area (Å²) < 4.78 is 40.9. The summed E-state index contributed by atoms with van der Waals surface area (Å²) in [6, 6.07) is 0. The molecule has 2 N–H and O–H groups in total. The molecule has 0 aromatic rings. The number of carbonyl (C=O) groups is 1. The second-order valence-corrected chi connectivity index (χ2v) is 6.85. The van der Waals surface area contributed by atoms with E-state index in [9.17, 15) is 18.0 Å². The number of allylic oxidation sites excluding steroid dienone is 4. The van der Waals surface area contributed by atoms with Crippen LogP contribution in [-0.4, -0.2) is 54.6 Å². The summed E-state index contributed by atoms with van der Waals surface area (Å²) in [6.07, 6.45) is 5.21. The fraction of sp³-hybridized carbons (Fsp3) is 0.619. The molecule has 2 aliphatic rings. The molecule has 0 aromatic heterocycles. The first-order chi connectivity index (χ1) is 13.8. The molecule has 2 rings (SSSR count). The molecule has 2 aliphatic heterocycles. The first kappa shape index (κ1) is 25.1. The average molecular weight is 416 g/mol. The smallest absolute Gasteiger partial charge is 0.303 e. The first-order valence-corrected chi connectivity index (χ1v) is 10.2. The summed E-state index contributed by atoms with van der Waals surface area (Å²) >= 11 is 0. The van der Waals surface area contributed by atoms with Crippen molar-refractivity contribution < 1.29 is 23.2 Å². The molecule has 0 aromatic carbocycles.